The van der Waals surface area contributed by atoms with E-state index in [0.29, 0.717) is 12.0 Å². The topological polar surface area (TPSA) is 21.3 Å². The van der Waals surface area contributed by atoms with Crippen LogP contribution in [0, 0.1) is 19.8 Å². The highest BCUT2D eigenvalue weighted by atomic mass is 16.5. The van der Waals surface area contributed by atoms with Gasteiger partial charge >= 0.3 is 0 Å². The van der Waals surface area contributed by atoms with Gasteiger partial charge in [-0.3, -0.25) is 0 Å². The van der Waals surface area contributed by atoms with Gasteiger partial charge in [0.15, 0.2) is 0 Å². The third-order valence-corrected chi connectivity index (χ3v) is 3.86. The number of rotatable bonds is 7. The van der Waals surface area contributed by atoms with Gasteiger partial charge in [-0.25, -0.2) is 0 Å². The summed E-state index contributed by atoms with van der Waals surface area (Å²) in [5.41, 5.74) is 4.17. The van der Waals surface area contributed by atoms with Gasteiger partial charge in [-0.15, -0.1) is 0 Å². The number of ether oxygens (including phenoxy) is 1. The fraction of sp³-hybridized carbons (Fsp3) is 0.625. The maximum Gasteiger partial charge on any atom is 0.0465 e. The second kappa shape index (κ2) is 7.55. The molecule has 0 fully saturated rings. The molecule has 2 nitrogen and oxygen atoms in total. The number of nitrogens with one attached hydrogen (secondary N) is 1. The molecule has 0 aliphatic heterocycles. The third-order valence-electron chi connectivity index (χ3n) is 3.86. The van der Waals surface area contributed by atoms with Crippen LogP contribution < -0.4 is 5.32 Å². The summed E-state index contributed by atoms with van der Waals surface area (Å²) in [7, 11) is 3.82. The zero-order valence-corrected chi connectivity index (χ0v) is 12.4. The van der Waals surface area contributed by atoms with Gasteiger partial charge in [0.1, 0.15) is 0 Å². The lowest BCUT2D eigenvalue weighted by atomic mass is 9.91. The van der Waals surface area contributed by atoms with Crippen LogP contribution in [0.4, 0.5) is 0 Å². The van der Waals surface area contributed by atoms with Crippen molar-refractivity contribution in [3.8, 4) is 0 Å². The summed E-state index contributed by atoms with van der Waals surface area (Å²) in [6.45, 7) is 7.48. The first-order valence-electron chi connectivity index (χ1n) is 6.80. The van der Waals surface area contributed by atoms with E-state index in [1.54, 1.807) is 7.11 Å². The lowest BCUT2D eigenvalue weighted by molar-refractivity contribution is 0.171. The van der Waals surface area contributed by atoms with Gasteiger partial charge in [0.25, 0.3) is 0 Å². The minimum Gasteiger partial charge on any atom is -0.385 e. The molecule has 0 saturated heterocycles. The molecule has 0 spiro atoms. The molecule has 2 heteroatoms. The number of hydrogen-bond acceptors (Lipinski definition) is 2. The summed E-state index contributed by atoms with van der Waals surface area (Å²) in [5, 5.41) is 3.44. The average Bonchev–Trinajstić information content (AvgIpc) is 2.37. The molecule has 1 aromatic rings. The molecule has 2 atom stereocenters. The van der Waals surface area contributed by atoms with Crippen LogP contribution in [0.25, 0.3) is 0 Å². The lowest BCUT2D eigenvalue weighted by Gasteiger charge is -2.23. The Morgan fingerprint density at radius 3 is 2.50 bits per heavy atom. The van der Waals surface area contributed by atoms with Crippen LogP contribution in [0.5, 0.6) is 0 Å². The SMILES string of the molecule is CNC(Cc1ccc(C)c(C)c1)C(C)CCOC. The highest BCUT2D eigenvalue weighted by Gasteiger charge is 2.15. The zero-order valence-electron chi connectivity index (χ0n) is 12.4. The first kappa shape index (κ1) is 15.2. The highest BCUT2D eigenvalue weighted by Crippen LogP contribution is 2.16. The molecular weight excluding hydrogens is 222 g/mol. The minimum absolute atomic E-state index is 0.516. The van der Waals surface area contributed by atoms with Crippen molar-refractivity contribution in [2.24, 2.45) is 5.92 Å². The van der Waals surface area contributed by atoms with E-state index in [2.05, 4.69) is 51.3 Å². The van der Waals surface area contributed by atoms with Crippen LogP contribution in [0.1, 0.15) is 30.0 Å². The summed E-state index contributed by atoms with van der Waals surface area (Å²) in [6.07, 6.45) is 2.19. The van der Waals surface area contributed by atoms with Crippen molar-refractivity contribution in [2.45, 2.75) is 39.7 Å². The van der Waals surface area contributed by atoms with Crippen LogP contribution in [0.15, 0.2) is 18.2 Å². The predicted octanol–water partition coefficient (Wildman–Crippen LogP) is 3.11. The molecule has 0 radical (unpaired) electrons. The minimum atomic E-state index is 0.516. The molecule has 1 N–H and O–H groups in total. The molecule has 0 heterocycles. The summed E-state index contributed by atoms with van der Waals surface area (Å²) in [4.78, 5) is 0. The first-order valence-corrected chi connectivity index (χ1v) is 6.80. The van der Waals surface area contributed by atoms with Gasteiger partial charge in [-0.1, -0.05) is 25.1 Å². The largest absolute Gasteiger partial charge is 0.385 e. The molecule has 1 aromatic carbocycles. The molecule has 0 amide bonds. The van der Waals surface area contributed by atoms with Crippen molar-refractivity contribution in [1.29, 1.82) is 0 Å². The van der Waals surface area contributed by atoms with Crippen LogP contribution in [0.3, 0.4) is 0 Å². The highest BCUT2D eigenvalue weighted by molar-refractivity contribution is 5.30. The number of hydrogen-bond donors (Lipinski definition) is 1. The van der Waals surface area contributed by atoms with Crippen molar-refractivity contribution >= 4 is 0 Å². The van der Waals surface area contributed by atoms with Crippen molar-refractivity contribution < 1.29 is 4.74 Å². The fourth-order valence-corrected chi connectivity index (χ4v) is 2.28. The second-order valence-electron chi connectivity index (χ2n) is 5.28. The second-order valence-corrected chi connectivity index (χ2v) is 5.28. The van der Waals surface area contributed by atoms with Gasteiger partial charge in [0, 0.05) is 19.8 Å². The van der Waals surface area contributed by atoms with Crippen LogP contribution in [-0.4, -0.2) is 26.8 Å². The number of benzene rings is 1. The summed E-state index contributed by atoms with van der Waals surface area (Å²) >= 11 is 0. The van der Waals surface area contributed by atoms with E-state index in [1.165, 1.54) is 16.7 Å². The molecule has 18 heavy (non-hydrogen) atoms. The predicted molar refractivity (Wildman–Crippen MR) is 78.1 cm³/mol. The van der Waals surface area contributed by atoms with Gasteiger partial charge in [0.05, 0.1) is 0 Å². The number of methoxy groups -OCH3 is 1. The van der Waals surface area contributed by atoms with E-state index >= 15 is 0 Å². The number of aryl methyl sites for hydroxylation is 2. The quantitative estimate of drug-likeness (QED) is 0.801. The number of likely N-dealkylation sites (N-methyl/N-ethyl adjacent to an activating group) is 1. The molecule has 0 aromatic heterocycles. The molecule has 0 bridgehead atoms. The molecule has 0 aliphatic rings. The van der Waals surface area contributed by atoms with E-state index in [4.69, 9.17) is 4.74 Å². The van der Waals surface area contributed by atoms with E-state index in [1.807, 2.05) is 0 Å². The molecule has 2 unspecified atom stereocenters. The summed E-state index contributed by atoms with van der Waals surface area (Å²) < 4.78 is 5.16. The Morgan fingerprint density at radius 1 is 1.22 bits per heavy atom. The normalized spacial score (nSPS) is 14.5. The summed E-state index contributed by atoms with van der Waals surface area (Å²) in [6, 6.07) is 7.29. The Bertz CT molecular complexity index is 362. The Balaban J connectivity index is 2.64. The third kappa shape index (κ3) is 4.43. The Kier molecular flexibility index (Phi) is 6.37. The van der Waals surface area contributed by atoms with E-state index in [9.17, 15) is 0 Å². The Hall–Kier alpha value is -0.860. The smallest absolute Gasteiger partial charge is 0.0465 e. The van der Waals surface area contributed by atoms with Crippen molar-refractivity contribution in [3.05, 3.63) is 34.9 Å². The zero-order chi connectivity index (χ0) is 13.5. The summed E-state index contributed by atoms with van der Waals surface area (Å²) in [5.74, 6) is 0.622. The average molecular weight is 249 g/mol. The van der Waals surface area contributed by atoms with Crippen LogP contribution in [0.2, 0.25) is 0 Å². The molecule has 102 valence electrons. The van der Waals surface area contributed by atoms with Gasteiger partial charge in [-0.2, -0.15) is 0 Å². The van der Waals surface area contributed by atoms with Gasteiger partial charge in [-0.05, 0) is 56.3 Å². The van der Waals surface area contributed by atoms with E-state index in [0.717, 1.165) is 19.4 Å². The van der Waals surface area contributed by atoms with Crippen LogP contribution in [-0.2, 0) is 11.2 Å². The van der Waals surface area contributed by atoms with Crippen LogP contribution >= 0.6 is 0 Å². The maximum absolute atomic E-state index is 5.16. The van der Waals surface area contributed by atoms with Crippen molar-refractivity contribution in [1.82, 2.24) is 5.32 Å². The molecule has 1 rings (SSSR count). The van der Waals surface area contributed by atoms with Crippen molar-refractivity contribution in [3.63, 3.8) is 0 Å². The molecule has 0 saturated carbocycles. The van der Waals surface area contributed by atoms with Crippen molar-refractivity contribution in [2.75, 3.05) is 20.8 Å². The van der Waals surface area contributed by atoms with E-state index < -0.39 is 0 Å². The maximum atomic E-state index is 5.16. The van der Waals surface area contributed by atoms with Gasteiger partial charge in [0.2, 0.25) is 0 Å². The first-order chi connectivity index (χ1) is 8.58. The molecule has 0 aliphatic carbocycles. The fourth-order valence-electron chi connectivity index (χ4n) is 2.28. The Labute approximate surface area is 112 Å². The lowest BCUT2D eigenvalue weighted by Crippen LogP contribution is -2.34. The monoisotopic (exact) mass is 249 g/mol. The van der Waals surface area contributed by atoms with E-state index in [-0.39, 0.29) is 0 Å². The molecular formula is C16H27NO. The Morgan fingerprint density at radius 2 is 1.94 bits per heavy atom. The van der Waals surface area contributed by atoms with Gasteiger partial charge < -0.3 is 10.1 Å². The standard InChI is InChI=1S/C16H27NO/c1-12-6-7-15(10-14(12)3)11-16(17-4)13(2)8-9-18-5/h6-7,10,13,16-17H,8-9,11H2,1-5H3.